The van der Waals surface area contributed by atoms with Gasteiger partial charge < -0.3 is 9.63 Å². The van der Waals surface area contributed by atoms with Crippen LogP contribution in [0.4, 0.5) is 0 Å². The SMILES string of the molecule is Cc1cc(-c2nnc(SC(C)C(=O)O)s2)no1. The Morgan fingerprint density at radius 2 is 2.35 bits per heavy atom. The molecular formula is C9H9N3O3S2. The van der Waals surface area contributed by atoms with Gasteiger partial charge in [-0.1, -0.05) is 28.3 Å². The fourth-order valence-corrected chi connectivity index (χ4v) is 2.91. The molecule has 0 aliphatic heterocycles. The third kappa shape index (κ3) is 2.83. The van der Waals surface area contributed by atoms with Crippen LogP contribution in [0.3, 0.4) is 0 Å². The number of hydrogen-bond acceptors (Lipinski definition) is 7. The van der Waals surface area contributed by atoms with E-state index in [1.165, 1.54) is 11.3 Å². The fraction of sp³-hybridized carbons (Fsp3) is 0.333. The second-order valence-corrected chi connectivity index (χ2v) is 5.86. The Bertz CT molecular complexity index is 537. The molecule has 2 rings (SSSR count). The lowest BCUT2D eigenvalue weighted by Gasteiger charge is -1.99. The maximum Gasteiger partial charge on any atom is 0.316 e. The van der Waals surface area contributed by atoms with Gasteiger partial charge in [0.25, 0.3) is 0 Å². The van der Waals surface area contributed by atoms with Crippen molar-refractivity contribution in [2.24, 2.45) is 0 Å². The molecule has 0 radical (unpaired) electrons. The van der Waals surface area contributed by atoms with Crippen LogP contribution in [0.2, 0.25) is 0 Å². The first kappa shape index (κ1) is 12.1. The van der Waals surface area contributed by atoms with Crippen LogP contribution in [-0.4, -0.2) is 31.7 Å². The Morgan fingerprint density at radius 1 is 1.59 bits per heavy atom. The number of hydrogen-bond donors (Lipinski definition) is 1. The molecular weight excluding hydrogens is 262 g/mol. The highest BCUT2D eigenvalue weighted by atomic mass is 32.2. The van der Waals surface area contributed by atoms with Crippen molar-refractivity contribution < 1.29 is 14.4 Å². The van der Waals surface area contributed by atoms with Crippen molar-refractivity contribution in [3.05, 3.63) is 11.8 Å². The van der Waals surface area contributed by atoms with E-state index in [0.717, 1.165) is 11.8 Å². The molecule has 17 heavy (non-hydrogen) atoms. The normalized spacial score (nSPS) is 12.6. The molecule has 1 unspecified atom stereocenters. The van der Waals surface area contributed by atoms with E-state index < -0.39 is 11.2 Å². The Labute approximate surface area is 105 Å². The molecule has 90 valence electrons. The Balaban J connectivity index is 2.13. The summed E-state index contributed by atoms with van der Waals surface area (Å²) >= 11 is 2.46. The number of carboxylic acids is 1. The van der Waals surface area contributed by atoms with Gasteiger partial charge in [0, 0.05) is 6.07 Å². The first-order valence-corrected chi connectivity index (χ1v) is 6.42. The quantitative estimate of drug-likeness (QED) is 0.851. The van der Waals surface area contributed by atoms with Crippen LogP contribution < -0.4 is 0 Å². The molecule has 2 heterocycles. The van der Waals surface area contributed by atoms with Crippen molar-refractivity contribution in [3.63, 3.8) is 0 Å². The van der Waals surface area contributed by atoms with E-state index in [1.807, 2.05) is 0 Å². The lowest BCUT2D eigenvalue weighted by atomic mass is 10.4. The molecule has 0 spiro atoms. The average Bonchev–Trinajstić information content (AvgIpc) is 2.86. The van der Waals surface area contributed by atoms with Crippen molar-refractivity contribution >= 4 is 29.1 Å². The summed E-state index contributed by atoms with van der Waals surface area (Å²) in [7, 11) is 0. The highest BCUT2D eigenvalue weighted by Crippen LogP contribution is 2.31. The average molecular weight is 271 g/mol. The Hall–Kier alpha value is -1.41. The van der Waals surface area contributed by atoms with Crippen molar-refractivity contribution in [3.8, 4) is 10.7 Å². The van der Waals surface area contributed by atoms with Gasteiger partial charge in [-0.15, -0.1) is 10.2 Å². The predicted octanol–water partition coefficient (Wildman–Crippen LogP) is 2.07. The van der Waals surface area contributed by atoms with Crippen LogP contribution >= 0.6 is 23.1 Å². The summed E-state index contributed by atoms with van der Waals surface area (Å²) in [5.41, 5.74) is 0.620. The summed E-state index contributed by atoms with van der Waals surface area (Å²) in [5, 5.41) is 20.5. The Kier molecular flexibility index (Phi) is 3.43. The van der Waals surface area contributed by atoms with E-state index in [2.05, 4.69) is 15.4 Å². The maximum atomic E-state index is 10.7. The standard InChI is InChI=1S/C9H9N3O3S2/c1-4-3-6(12-15-4)7-10-11-9(17-7)16-5(2)8(13)14/h3,5H,1-2H3,(H,13,14). The van der Waals surface area contributed by atoms with E-state index in [4.69, 9.17) is 9.63 Å². The highest BCUT2D eigenvalue weighted by molar-refractivity contribution is 8.02. The number of thioether (sulfide) groups is 1. The number of carboxylic acid groups (broad SMARTS) is 1. The topological polar surface area (TPSA) is 89.1 Å². The van der Waals surface area contributed by atoms with Crippen LogP contribution in [0, 0.1) is 6.92 Å². The van der Waals surface area contributed by atoms with Crippen LogP contribution in [-0.2, 0) is 4.79 Å². The van der Waals surface area contributed by atoms with E-state index >= 15 is 0 Å². The van der Waals surface area contributed by atoms with E-state index in [0.29, 0.717) is 20.8 Å². The molecule has 0 saturated carbocycles. The Morgan fingerprint density at radius 3 is 2.94 bits per heavy atom. The van der Waals surface area contributed by atoms with Gasteiger partial charge in [-0.3, -0.25) is 4.79 Å². The largest absolute Gasteiger partial charge is 0.480 e. The second kappa shape index (κ2) is 4.84. The lowest BCUT2D eigenvalue weighted by molar-refractivity contribution is -0.136. The fourth-order valence-electron chi connectivity index (χ4n) is 1.03. The second-order valence-electron chi connectivity index (χ2n) is 3.29. The van der Waals surface area contributed by atoms with Gasteiger partial charge >= 0.3 is 5.97 Å². The molecule has 0 saturated heterocycles. The summed E-state index contributed by atoms with van der Waals surface area (Å²) in [4.78, 5) is 10.7. The first-order valence-electron chi connectivity index (χ1n) is 4.73. The van der Waals surface area contributed by atoms with Gasteiger partial charge in [-0.2, -0.15) is 0 Å². The summed E-state index contributed by atoms with van der Waals surface area (Å²) < 4.78 is 5.54. The van der Waals surface area contributed by atoms with Crippen molar-refractivity contribution in [2.75, 3.05) is 0 Å². The number of aryl methyl sites for hydroxylation is 1. The minimum absolute atomic E-state index is 0.546. The zero-order valence-electron chi connectivity index (χ0n) is 9.08. The number of aliphatic carboxylic acids is 1. The van der Waals surface area contributed by atoms with Crippen molar-refractivity contribution in [1.29, 1.82) is 0 Å². The number of nitrogens with zero attached hydrogens (tertiary/aromatic N) is 3. The van der Waals surface area contributed by atoms with Gasteiger partial charge in [0.1, 0.15) is 16.7 Å². The summed E-state index contributed by atoms with van der Waals surface area (Å²) in [6.07, 6.45) is 0. The molecule has 0 aliphatic carbocycles. The zero-order valence-corrected chi connectivity index (χ0v) is 10.7. The van der Waals surface area contributed by atoms with Crippen molar-refractivity contribution in [2.45, 2.75) is 23.4 Å². The highest BCUT2D eigenvalue weighted by Gasteiger charge is 2.17. The molecule has 6 nitrogen and oxygen atoms in total. The molecule has 2 aromatic rings. The van der Waals surface area contributed by atoms with E-state index in [9.17, 15) is 4.79 Å². The van der Waals surface area contributed by atoms with E-state index in [-0.39, 0.29) is 0 Å². The van der Waals surface area contributed by atoms with Gasteiger partial charge in [-0.05, 0) is 13.8 Å². The summed E-state index contributed by atoms with van der Waals surface area (Å²) in [5.74, 6) is -0.174. The molecule has 0 amide bonds. The van der Waals surface area contributed by atoms with Crippen LogP contribution in [0.1, 0.15) is 12.7 Å². The van der Waals surface area contributed by atoms with E-state index in [1.54, 1.807) is 19.9 Å². The molecule has 8 heteroatoms. The number of carbonyl (C=O) groups is 1. The molecule has 2 aromatic heterocycles. The third-order valence-electron chi connectivity index (χ3n) is 1.88. The predicted molar refractivity (Wildman–Crippen MR) is 63.1 cm³/mol. The van der Waals surface area contributed by atoms with Crippen LogP contribution in [0.25, 0.3) is 10.7 Å². The molecule has 0 bridgehead atoms. The first-order chi connectivity index (χ1) is 8.06. The number of aromatic nitrogens is 3. The summed E-state index contributed by atoms with van der Waals surface area (Å²) in [6, 6.07) is 1.76. The molecule has 0 aromatic carbocycles. The lowest BCUT2D eigenvalue weighted by Crippen LogP contribution is -2.10. The van der Waals surface area contributed by atoms with Gasteiger partial charge in [0.2, 0.25) is 0 Å². The van der Waals surface area contributed by atoms with Crippen LogP contribution in [0.15, 0.2) is 14.9 Å². The van der Waals surface area contributed by atoms with Gasteiger partial charge in [0.05, 0.1) is 0 Å². The van der Waals surface area contributed by atoms with Gasteiger partial charge in [0.15, 0.2) is 9.35 Å². The smallest absolute Gasteiger partial charge is 0.316 e. The molecule has 1 atom stereocenters. The maximum absolute atomic E-state index is 10.7. The van der Waals surface area contributed by atoms with Crippen LogP contribution in [0.5, 0.6) is 0 Å². The monoisotopic (exact) mass is 271 g/mol. The molecule has 0 fully saturated rings. The number of rotatable bonds is 4. The minimum atomic E-state index is -0.871. The van der Waals surface area contributed by atoms with Crippen molar-refractivity contribution in [1.82, 2.24) is 15.4 Å². The molecule has 1 N–H and O–H groups in total. The third-order valence-corrected chi connectivity index (χ3v) is 4.00. The molecule has 0 aliphatic rings. The zero-order chi connectivity index (χ0) is 12.4. The minimum Gasteiger partial charge on any atom is -0.480 e. The summed E-state index contributed by atoms with van der Waals surface area (Å²) in [6.45, 7) is 3.40. The van der Waals surface area contributed by atoms with Gasteiger partial charge in [-0.25, -0.2) is 0 Å².